The number of aryl methyl sites for hydroxylation is 1. The van der Waals surface area contributed by atoms with Gasteiger partial charge >= 0.3 is 0 Å². The van der Waals surface area contributed by atoms with Crippen LogP contribution in [0, 0.1) is 12.8 Å². The van der Waals surface area contributed by atoms with Crippen LogP contribution >= 0.6 is 0 Å². The molecule has 1 amide bonds. The predicted octanol–water partition coefficient (Wildman–Crippen LogP) is 4.93. The Labute approximate surface area is 197 Å². The highest BCUT2D eigenvalue weighted by atomic mass is 16.6. The molecule has 3 heterocycles. The summed E-state index contributed by atoms with van der Waals surface area (Å²) in [5.41, 5.74) is 2.03. The van der Waals surface area contributed by atoms with Gasteiger partial charge in [0.15, 0.2) is 11.5 Å². The Bertz CT molecular complexity index is 946. The van der Waals surface area contributed by atoms with E-state index in [1.165, 1.54) is 5.56 Å². The molecule has 0 spiro atoms. The number of ether oxygens (including phenoxy) is 2. The van der Waals surface area contributed by atoms with Crippen LogP contribution < -0.4 is 9.47 Å². The number of benzene rings is 2. The van der Waals surface area contributed by atoms with Crippen LogP contribution in [0.5, 0.6) is 11.5 Å². The van der Waals surface area contributed by atoms with Crippen LogP contribution in [0.1, 0.15) is 54.9 Å². The van der Waals surface area contributed by atoms with Crippen molar-refractivity contribution in [2.45, 2.75) is 64.1 Å². The molecule has 33 heavy (non-hydrogen) atoms. The zero-order chi connectivity index (χ0) is 22.8. The number of piperidine rings is 1. The van der Waals surface area contributed by atoms with Gasteiger partial charge in [0.25, 0.3) is 5.91 Å². The number of carbonyl (C=O) groups is 1. The molecule has 2 fully saturated rings. The topological polar surface area (TPSA) is 42.0 Å². The average Bonchev–Trinajstić information content (AvgIpc) is 3.09. The van der Waals surface area contributed by atoms with Crippen molar-refractivity contribution in [1.82, 2.24) is 9.80 Å². The van der Waals surface area contributed by atoms with E-state index in [1.807, 2.05) is 48.5 Å². The lowest BCUT2D eigenvalue weighted by atomic mass is 9.89. The van der Waals surface area contributed by atoms with Gasteiger partial charge in [-0.05, 0) is 75.8 Å². The van der Waals surface area contributed by atoms with E-state index < -0.39 is 0 Å². The number of fused-ring (bicyclic) bond motifs is 3. The third-order valence-corrected chi connectivity index (χ3v) is 7.45. The van der Waals surface area contributed by atoms with Crippen molar-refractivity contribution in [1.29, 1.82) is 0 Å². The number of para-hydroxylation sites is 2. The van der Waals surface area contributed by atoms with E-state index in [0.29, 0.717) is 24.6 Å². The molecule has 0 saturated carbocycles. The van der Waals surface area contributed by atoms with E-state index in [0.717, 1.165) is 68.8 Å². The van der Waals surface area contributed by atoms with Crippen LogP contribution in [-0.4, -0.2) is 60.1 Å². The van der Waals surface area contributed by atoms with Crippen LogP contribution in [-0.2, 0) is 0 Å². The molecule has 3 aliphatic rings. The van der Waals surface area contributed by atoms with Crippen molar-refractivity contribution >= 4 is 5.91 Å². The lowest BCUT2D eigenvalue weighted by Gasteiger charge is -2.41. The highest BCUT2D eigenvalue weighted by molar-refractivity contribution is 5.95. The van der Waals surface area contributed by atoms with E-state index in [4.69, 9.17) is 9.47 Å². The smallest absolute Gasteiger partial charge is 0.254 e. The zero-order valence-electron chi connectivity index (χ0n) is 19.9. The first-order valence-corrected chi connectivity index (χ1v) is 12.6. The van der Waals surface area contributed by atoms with Gasteiger partial charge in [-0.25, -0.2) is 0 Å². The van der Waals surface area contributed by atoms with Crippen LogP contribution in [0.15, 0.2) is 48.5 Å². The molecule has 0 aliphatic carbocycles. The molecule has 0 radical (unpaired) electrons. The third-order valence-electron chi connectivity index (χ3n) is 7.45. The average molecular weight is 449 g/mol. The number of hydrogen-bond acceptors (Lipinski definition) is 4. The molecule has 2 bridgehead atoms. The molecule has 3 aliphatic heterocycles. The van der Waals surface area contributed by atoms with Gasteiger partial charge in [0, 0.05) is 30.7 Å². The van der Waals surface area contributed by atoms with Crippen molar-refractivity contribution in [3.05, 3.63) is 59.7 Å². The molecule has 0 N–H and O–H groups in total. The predicted molar refractivity (Wildman–Crippen MR) is 130 cm³/mol. The summed E-state index contributed by atoms with van der Waals surface area (Å²) < 4.78 is 12.2. The summed E-state index contributed by atoms with van der Waals surface area (Å²) in [6, 6.07) is 16.7. The van der Waals surface area contributed by atoms with Gasteiger partial charge in [0.2, 0.25) is 0 Å². The first-order chi connectivity index (χ1) is 16.1. The largest absolute Gasteiger partial charge is 0.486 e. The molecule has 5 nitrogen and oxygen atoms in total. The fourth-order valence-electron chi connectivity index (χ4n) is 6.00. The maximum atomic E-state index is 13.3. The highest BCUT2D eigenvalue weighted by Gasteiger charge is 2.43. The fraction of sp³-hybridized carbons (Fsp3) is 0.536. The summed E-state index contributed by atoms with van der Waals surface area (Å²) in [6.45, 7) is 7.95. The number of rotatable bonds is 7. The van der Waals surface area contributed by atoms with Gasteiger partial charge < -0.3 is 14.4 Å². The van der Waals surface area contributed by atoms with Gasteiger partial charge in [-0.15, -0.1) is 0 Å². The van der Waals surface area contributed by atoms with Crippen molar-refractivity contribution in [2.75, 3.05) is 26.2 Å². The van der Waals surface area contributed by atoms with E-state index in [2.05, 4.69) is 23.6 Å². The lowest BCUT2D eigenvalue weighted by molar-refractivity contribution is 0.0355. The molecular formula is C28H36N2O3. The maximum absolute atomic E-state index is 13.3. The molecule has 3 unspecified atom stereocenters. The van der Waals surface area contributed by atoms with E-state index in [-0.39, 0.29) is 12.0 Å². The Balaban J connectivity index is 1.20. The van der Waals surface area contributed by atoms with Crippen molar-refractivity contribution in [2.24, 2.45) is 5.92 Å². The zero-order valence-corrected chi connectivity index (χ0v) is 19.9. The van der Waals surface area contributed by atoms with Crippen molar-refractivity contribution in [3.63, 3.8) is 0 Å². The second-order valence-electron chi connectivity index (χ2n) is 10.1. The first-order valence-electron chi connectivity index (χ1n) is 12.6. The monoisotopic (exact) mass is 448 g/mol. The molecule has 5 heteroatoms. The van der Waals surface area contributed by atoms with E-state index in [9.17, 15) is 4.79 Å². The van der Waals surface area contributed by atoms with Crippen LogP contribution in [0.2, 0.25) is 0 Å². The first kappa shape index (κ1) is 22.3. The summed E-state index contributed by atoms with van der Waals surface area (Å²) in [5.74, 6) is 2.55. The minimum absolute atomic E-state index is 0.0615. The number of carbonyl (C=O) groups excluding carboxylic acids is 1. The van der Waals surface area contributed by atoms with Crippen LogP contribution in [0.25, 0.3) is 0 Å². The molecule has 0 aromatic heterocycles. The summed E-state index contributed by atoms with van der Waals surface area (Å²) >= 11 is 0. The number of nitrogens with zero attached hydrogens (tertiary/aromatic N) is 2. The summed E-state index contributed by atoms with van der Waals surface area (Å²) in [6.07, 6.45) is 5.69. The fourth-order valence-corrected chi connectivity index (χ4v) is 6.00. The van der Waals surface area contributed by atoms with Gasteiger partial charge in [0.05, 0.1) is 0 Å². The second-order valence-corrected chi connectivity index (χ2v) is 10.1. The molecule has 2 saturated heterocycles. The van der Waals surface area contributed by atoms with Crippen molar-refractivity contribution < 1.29 is 14.3 Å². The highest BCUT2D eigenvalue weighted by Crippen LogP contribution is 2.40. The normalized spacial score (nSPS) is 26.0. The lowest BCUT2D eigenvalue weighted by Crippen LogP contribution is -2.49. The number of amides is 1. The SMILES string of the molecule is CCCN(CC1CC2CCC(C1)N2C(=O)c1ccc(C)cc1)CC1COc2ccccc2O1. The quantitative estimate of drug-likeness (QED) is 0.602. The van der Waals surface area contributed by atoms with E-state index in [1.54, 1.807) is 0 Å². The Morgan fingerprint density at radius 1 is 1.00 bits per heavy atom. The van der Waals surface area contributed by atoms with Gasteiger partial charge in [-0.2, -0.15) is 0 Å². The molecule has 176 valence electrons. The van der Waals surface area contributed by atoms with Gasteiger partial charge in [-0.1, -0.05) is 36.8 Å². The van der Waals surface area contributed by atoms with Gasteiger partial charge in [0.1, 0.15) is 12.7 Å². The van der Waals surface area contributed by atoms with Crippen LogP contribution in [0.4, 0.5) is 0 Å². The summed E-state index contributed by atoms with van der Waals surface area (Å²) in [7, 11) is 0. The van der Waals surface area contributed by atoms with Gasteiger partial charge in [-0.3, -0.25) is 9.69 Å². The Morgan fingerprint density at radius 3 is 2.39 bits per heavy atom. The minimum atomic E-state index is 0.0615. The Morgan fingerprint density at radius 2 is 1.70 bits per heavy atom. The molecule has 5 rings (SSSR count). The Kier molecular flexibility index (Phi) is 6.59. The Hall–Kier alpha value is -2.53. The number of hydrogen-bond donors (Lipinski definition) is 0. The minimum Gasteiger partial charge on any atom is -0.486 e. The molecule has 2 aromatic rings. The second kappa shape index (κ2) is 9.76. The van der Waals surface area contributed by atoms with Crippen LogP contribution in [0.3, 0.4) is 0 Å². The summed E-state index contributed by atoms with van der Waals surface area (Å²) in [4.78, 5) is 18.0. The standard InChI is InChI=1S/C28H36N2O3/c1-3-14-29(18-25-19-32-26-6-4-5-7-27(26)33-25)17-21-15-23-12-13-24(16-21)30(23)28(31)22-10-8-20(2)9-11-22/h4-11,21,23-25H,3,12-19H2,1-2H3. The van der Waals surface area contributed by atoms with Crippen molar-refractivity contribution in [3.8, 4) is 11.5 Å². The maximum Gasteiger partial charge on any atom is 0.254 e. The molecular weight excluding hydrogens is 412 g/mol. The van der Waals surface area contributed by atoms with E-state index >= 15 is 0 Å². The third kappa shape index (κ3) is 4.89. The molecule has 3 atom stereocenters. The summed E-state index contributed by atoms with van der Waals surface area (Å²) in [5, 5.41) is 0. The molecule has 2 aromatic carbocycles.